The molecule has 4 aromatic heterocycles. The molecule has 3 aliphatic heterocycles. The Balaban J connectivity index is 1.22. The van der Waals surface area contributed by atoms with Crippen LogP contribution in [0.15, 0.2) is 40.6 Å². The van der Waals surface area contributed by atoms with Gasteiger partial charge in [-0.2, -0.15) is 4.98 Å². The van der Waals surface area contributed by atoms with Gasteiger partial charge in [-0.15, -0.1) is 0 Å². The topological polar surface area (TPSA) is 297 Å². The number of nitrogen functional groups attached to an aromatic ring is 1. The molecule has 3 aliphatic rings. The SMILES string of the molecule is CO[C@@H]1[C@@H]2OP(=O)(O)OC[C@H]3O[C@@H](n4cnc5c(=O)[nH]c(N)nc54)[C@H](OP(=O)(O)OC[C@H]2O[C@H]1n1cnc2ncccc2c1=O)[C@@H]3O. The van der Waals surface area contributed by atoms with Crippen molar-refractivity contribution >= 4 is 43.8 Å². The van der Waals surface area contributed by atoms with Crippen molar-refractivity contribution in [1.29, 1.82) is 0 Å². The smallest absolute Gasteiger partial charge is 0.387 e. The van der Waals surface area contributed by atoms with Crippen molar-refractivity contribution in [2.45, 2.75) is 49.1 Å². The second kappa shape index (κ2) is 11.9. The van der Waals surface area contributed by atoms with E-state index in [4.69, 9.17) is 38.0 Å². The normalized spacial score (nSPS) is 36.5. The first-order valence-corrected chi connectivity index (χ1v) is 16.7. The highest BCUT2D eigenvalue weighted by atomic mass is 31.2. The summed E-state index contributed by atoms with van der Waals surface area (Å²) in [5, 5.41) is 11.2. The Kier molecular flexibility index (Phi) is 8.10. The van der Waals surface area contributed by atoms with Gasteiger partial charge in [-0.25, -0.2) is 24.1 Å². The molecule has 0 radical (unpaired) electrons. The van der Waals surface area contributed by atoms with E-state index in [0.717, 1.165) is 21.8 Å². The lowest BCUT2D eigenvalue weighted by Crippen LogP contribution is -2.39. The highest BCUT2D eigenvalue weighted by molar-refractivity contribution is 7.47. The molecule has 0 aromatic carbocycles. The molecule has 2 unspecified atom stereocenters. The van der Waals surface area contributed by atoms with Gasteiger partial charge in [0.05, 0.1) is 24.9 Å². The number of aromatic nitrogens is 7. The zero-order chi connectivity index (χ0) is 33.2. The standard InChI is InChI=1S/C23H26N8O14P2/c1-39-16-14-11(43-22(16)31-8-27-17-9(20(31)34)3-2-4-25-17)6-41-47(37,38)45-15-13(32)10(5-40-46(35,36)44-14)42-21(15)30-7-26-12-18(30)28-23(24)29-19(12)33/h2-4,7-8,10-11,13-16,21-22,32H,5-6H2,1H3,(H,35,36)(H,37,38)(H3,24,28,29,33)/t10-,11-,13-,14-,15-,16-,21-,22-/m1/s1. The fourth-order valence-corrected chi connectivity index (χ4v) is 7.52. The first-order chi connectivity index (χ1) is 22.4. The third-order valence-corrected chi connectivity index (χ3v) is 9.71. The molecule has 22 nitrogen and oxygen atoms in total. The van der Waals surface area contributed by atoms with Gasteiger partial charge in [0.25, 0.3) is 11.1 Å². The van der Waals surface area contributed by atoms with Gasteiger partial charge in [0, 0.05) is 13.3 Å². The molecular weight excluding hydrogens is 674 g/mol. The molecule has 4 aromatic rings. The summed E-state index contributed by atoms with van der Waals surface area (Å²) in [7, 11) is -8.95. The zero-order valence-corrected chi connectivity index (χ0v) is 25.7. The lowest BCUT2D eigenvalue weighted by molar-refractivity contribution is -0.0690. The summed E-state index contributed by atoms with van der Waals surface area (Å²) in [6, 6.07) is 3.02. The molecule has 3 fully saturated rings. The number of methoxy groups -OCH3 is 1. The van der Waals surface area contributed by atoms with E-state index in [2.05, 4.69) is 24.9 Å². The van der Waals surface area contributed by atoms with E-state index >= 15 is 0 Å². The fourth-order valence-electron chi connectivity index (χ4n) is 5.63. The number of fused-ring (bicyclic) bond motifs is 5. The van der Waals surface area contributed by atoms with E-state index in [1.165, 1.54) is 25.4 Å². The maximum Gasteiger partial charge on any atom is 0.472 e. The summed E-state index contributed by atoms with van der Waals surface area (Å²) in [5.41, 5.74) is 4.23. The second-order valence-electron chi connectivity index (χ2n) is 10.6. The third kappa shape index (κ3) is 5.81. The molecule has 0 spiro atoms. The van der Waals surface area contributed by atoms with Gasteiger partial charge in [-0.3, -0.25) is 41.8 Å². The predicted octanol–water partition coefficient (Wildman–Crippen LogP) is -1.30. The van der Waals surface area contributed by atoms with Crippen molar-refractivity contribution in [2.75, 3.05) is 26.1 Å². The Morgan fingerprint density at radius 2 is 1.66 bits per heavy atom. The summed E-state index contributed by atoms with van der Waals surface area (Å²) in [4.78, 5) is 65.6. The van der Waals surface area contributed by atoms with Crippen LogP contribution in [0.5, 0.6) is 0 Å². The van der Waals surface area contributed by atoms with Gasteiger partial charge in [0.2, 0.25) is 5.95 Å². The highest BCUT2D eigenvalue weighted by Gasteiger charge is 2.54. The van der Waals surface area contributed by atoms with Crippen molar-refractivity contribution in [3.63, 3.8) is 0 Å². The van der Waals surface area contributed by atoms with Crippen LogP contribution in [0.3, 0.4) is 0 Å². The third-order valence-electron chi connectivity index (χ3n) is 7.74. The molecule has 10 atom stereocenters. The van der Waals surface area contributed by atoms with Crippen LogP contribution in [0.25, 0.3) is 22.2 Å². The average Bonchev–Trinajstić information content (AvgIpc) is 3.68. The van der Waals surface area contributed by atoms with Gasteiger partial charge in [-0.05, 0) is 12.1 Å². The van der Waals surface area contributed by atoms with Gasteiger partial charge in [-0.1, -0.05) is 0 Å². The number of hydrogen-bond donors (Lipinski definition) is 5. The van der Waals surface area contributed by atoms with E-state index in [9.17, 15) is 33.6 Å². The monoisotopic (exact) mass is 700 g/mol. The summed E-state index contributed by atoms with van der Waals surface area (Å²) in [5.74, 6) is -0.283. The lowest BCUT2D eigenvalue weighted by atomic mass is 10.1. The molecule has 24 heteroatoms. The molecular formula is C23H26N8O14P2. The van der Waals surface area contributed by atoms with Gasteiger partial charge in [0.15, 0.2) is 29.3 Å². The Morgan fingerprint density at radius 3 is 2.40 bits per heavy atom. The molecule has 252 valence electrons. The van der Waals surface area contributed by atoms with Crippen LogP contribution in [0.2, 0.25) is 0 Å². The quantitative estimate of drug-likeness (QED) is 0.155. The van der Waals surface area contributed by atoms with Crippen molar-refractivity contribution in [2.24, 2.45) is 0 Å². The molecule has 0 aliphatic carbocycles. The number of ether oxygens (including phenoxy) is 3. The van der Waals surface area contributed by atoms with Crippen molar-refractivity contribution < 1.29 is 56.3 Å². The number of imidazole rings is 1. The average molecular weight is 700 g/mol. The molecule has 3 saturated heterocycles. The van der Waals surface area contributed by atoms with Crippen LogP contribution < -0.4 is 16.9 Å². The first-order valence-electron chi connectivity index (χ1n) is 13.7. The minimum absolute atomic E-state index is 0.127. The number of nitrogens with two attached hydrogens (primary N) is 1. The highest BCUT2D eigenvalue weighted by Crippen LogP contribution is 2.53. The number of phosphoric ester groups is 2. The number of hydrogen-bond acceptors (Lipinski definition) is 17. The van der Waals surface area contributed by atoms with Gasteiger partial charge < -0.3 is 34.8 Å². The molecule has 2 bridgehead atoms. The molecule has 7 rings (SSSR count). The number of aliphatic hydroxyl groups is 1. The minimum atomic E-state index is -5.12. The van der Waals surface area contributed by atoms with Gasteiger partial charge >= 0.3 is 15.6 Å². The van der Waals surface area contributed by atoms with Crippen molar-refractivity contribution in [3.05, 3.63) is 51.7 Å². The Bertz CT molecular complexity index is 2060. The van der Waals surface area contributed by atoms with Gasteiger partial charge in [0.1, 0.15) is 43.0 Å². The molecule has 0 amide bonds. The van der Waals surface area contributed by atoms with Crippen LogP contribution in [-0.2, 0) is 41.4 Å². The van der Waals surface area contributed by atoms with E-state index < -0.39 is 89.1 Å². The first kappa shape index (κ1) is 32.1. The van der Waals surface area contributed by atoms with E-state index in [-0.39, 0.29) is 28.1 Å². The summed E-state index contributed by atoms with van der Waals surface area (Å²) >= 11 is 0. The van der Waals surface area contributed by atoms with Crippen LogP contribution in [0.1, 0.15) is 12.5 Å². The Labute approximate surface area is 261 Å². The number of nitrogens with one attached hydrogen (secondary N) is 1. The second-order valence-corrected chi connectivity index (χ2v) is 13.4. The maximum absolute atomic E-state index is 13.3. The van der Waals surface area contributed by atoms with Crippen molar-refractivity contribution in [3.8, 4) is 0 Å². The number of aliphatic hydroxyl groups excluding tert-OH is 1. The van der Waals surface area contributed by atoms with Crippen LogP contribution in [0, 0.1) is 0 Å². The molecule has 7 heterocycles. The molecule has 47 heavy (non-hydrogen) atoms. The minimum Gasteiger partial charge on any atom is -0.387 e. The van der Waals surface area contributed by atoms with Crippen molar-refractivity contribution in [1.82, 2.24) is 34.1 Å². The van der Waals surface area contributed by atoms with Crippen LogP contribution >= 0.6 is 15.6 Å². The van der Waals surface area contributed by atoms with Crippen LogP contribution in [-0.4, -0.2) is 106 Å². The lowest BCUT2D eigenvalue weighted by Gasteiger charge is -2.26. The van der Waals surface area contributed by atoms with E-state index in [1.54, 1.807) is 0 Å². The number of anilines is 1. The van der Waals surface area contributed by atoms with E-state index in [0.29, 0.717) is 0 Å². The Hall–Kier alpha value is -3.50. The summed E-state index contributed by atoms with van der Waals surface area (Å²) in [6.07, 6.45) is -8.35. The fraction of sp³-hybridized carbons (Fsp3) is 0.478. The largest absolute Gasteiger partial charge is 0.472 e. The number of aromatic amines is 1. The van der Waals surface area contributed by atoms with Crippen LogP contribution in [0.4, 0.5) is 5.95 Å². The van der Waals surface area contributed by atoms with E-state index in [1.807, 2.05) is 0 Å². The Morgan fingerprint density at radius 1 is 0.979 bits per heavy atom. The predicted molar refractivity (Wildman–Crippen MR) is 152 cm³/mol. The molecule has 0 saturated carbocycles. The molecule has 6 N–H and O–H groups in total. The summed E-state index contributed by atoms with van der Waals surface area (Å²) < 4.78 is 67.1. The summed E-state index contributed by atoms with van der Waals surface area (Å²) in [6.45, 7) is -1.61. The number of pyridine rings is 1. The number of phosphoric acid groups is 2. The number of rotatable bonds is 3. The number of H-pyrrole nitrogens is 1. The maximum atomic E-state index is 13.3. The number of nitrogens with zero attached hydrogens (tertiary/aromatic N) is 6. The zero-order valence-electron chi connectivity index (χ0n) is 23.9.